The summed E-state index contributed by atoms with van der Waals surface area (Å²) >= 11 is 0. The molecule has 2 bridgehead atoms. The van der Waals surface area contributed by atoms with Crippen molar-refractivity contribution in [1.29, 1.82) is 0 Å². The van der Waals surface area contributed by atoms with E-state index in [9.17, 15) is 4.79 Å². The molecule has 1 aromatic carbocycles. The van der Waals surface area contributed by atoms with Gasteiger partial charge in [-0.25, -0.2) is 0 Å². The Balaban J connectivity index is 1.98. The summed E-state index contributed by atoms with van der Waals surface area (Å²) in [5.41, 5.74) is 3.42. The summed E-state index contributed by atoms with van der Waals surface area (Å²) in [5, 5.41) is 0. The molecule has 0 spiro atoms. The van der Waals surface area contributed by atoms with E-state index in [1.165, 1.54) is 38.5 Å². The molecule has 3 rings (SSSR count). The lowest BCUT2D eigenvalue weighted by atomic mass is 10.0. The fraction of sp³-hybridized carbons (Fsp3) is 0.611. The normalized spacial score (nSPS) is 27.3. The van der Waals surface area contributed by atoms with Crippen LogP contribution in [0.5, 0.6) is 11.5 Å². The maximum atomic E-state index is 13.3. The minimum atomic E-state index is -0.559. The molecule has 0 aliphatic carbocycles. The lowest BCUT2D eigenvalue weighted by molar-refractivity contribution is 0.107. The van der Waals surface area contributed by atoms with Gasteiger partial charge in [0.2, 0.25) is 0 Å². The SMILES string of the molecule is COc1cc(C)c(C(=O)P2C3CCCCC2CC3)c(OC)c1. The largest absolute Gasteiger partial charge is 0.497 e. The van der Waals surface area contributed by atoms with Gasteiger partial charge in [0.1, 0.15) is 11.5 Å². The molecule has 2 atom stereocenters. The molecule has 2 fully saturated rings. The highest BCUT2D eigenvalue weighted by molar-refractivity contribution is 7.77. The molecule has 1 aromatic rings. The average Bonchev–Trinajstić information content (AvgIpc) is 2.78. The number of ether oxygens (including phenoxy) is 2. The first kappa shape index (κ1) is 15.8. The van der Waals surface area contributed by atoms with Gasteiger partial charge in [0.15, 0.2) is 5.52 Å². The van der Waals surface area contributed by atoms with Gasteiger partial charge in [-0.2, -0.15) is 0 Å². The second kappa shape index (κ2) is 6.58. The molecule has 2 heterocycles. The van der Waals surface area contributed by atoms with Gasteiger partial charge in [-0.1, -0.05) is 12.8 Å². The van der Waals surface area contributed by atoms with E-state index in [1.54, 1.807) is 14.2 Å². The highest BCUT2D eigenvalue weighted by Crippen LogP contribution is 2.62. The first-order chi connectivity index (χ1) is 10.7. The number of methoxy groups -OCH3 is 2. The first-order valence-electron chi connectivity index (χ1n) is 8.21. The van der Waals surface area contributed by atoms with Crippen LogP contribution in [0.15, 0.2) is 12.1 Å². The Kier molecular flexibility index (Phi) is 4.73. The van der Waals surface area contributed by atoms with Crippen molar-refractivity contribution < 1.29 is 14.3 Å². The van der Waals surface area contributed by atoms with Crippen molar-refractivity contribution in [3.05, 3.63) is 23.3 Å². The fourth-order valence-electron chi connectivity index (χ4n) is 4.02. The summed E-state index contributed by atoms with van der Waals surface area (Å²) in [4.78, 5) is 13.3. The van der Waals surface area contributed by atoms with Gasteiger partial charge in [0.05, 0.1) is 19.8 Å². The summed E-state index contributed by atoms with van der Waals surface area (Å²) in [6, 6.07) is 3.79. The van der Waals surface area contributed by atoms with Crippen molar-refractivity contribution in [3.8, 4) is 11.5 Å². The summed E-state index contributed by atoms with van der Waals surface area (Å²) < 4.78 is 10.8. The minimum absolute atomic E-state index is 0.362. The molecule has 2 unspecified atom stereocenters. The summed E-state index contributed by atoms with van der Waals surface area (Å²) in [6.07, 6.45) is 7.58. The lowest BCUT2D eigenvalue weighted by Crippen LogP contribution is -2.12. The number of carbonyl (C=O) groups excluding carboxylic acids is 1. The number of fused-ring (bicyclic) bond motifs is 2. The molecular weight excluding hydrogens is 295 g/mol. The number of hydrogen-bond acceptors (Lipinski definition) is 3. The molecule has 0 saturated carbocycles. The zero-order valence-corrected chi connectivity index (χ0v) is 14.6. The second-order valence-corrected chi connectivity index (χ2v) is 9.08. The maximum absolute atomic E-state index is 13.3. The van der Waals surface area contributed by atoms with Crippen LogP contribution in [0.25, 0.3) is 0 Å². The topological polar surface area (TPSA) is 35.5 Å². The van der Waals surface area contributed by atoms with Gasteiger partial charge in [-0.15, -0.1) is 0 Å². The van der Waals surface area contributed by atoms with Crippen LogP contribution in [-0.2, 0) is 0 Å². The second-order valence-electron chi connectivity index (χ2n) is 6.40. The lowest BCUT2D eigenvalue weighted by Gasteiger charge is -2.23. The molecule has 0 amide bonds. The van der Waals surface area contributed by atoms with E-state index in [1.807, 2.05) is 19.1 Å². The maximum Gasteiger partial charge on any atom is 0.188 e. The van der Waals surface area contributed by atoms with Crippen LogP contribution in [-0.4, -0.2) is 31.1 Å². The molecule has 120 valence electrons. The van der Waals surface area contributed by atoms with Crippen LogP contribution in [0, 0.1) is 6.92 Å². The van der Waals surface area contributed by atoms with Crippen LogP contribution >= 0.6 is 7.92 Å². The highest BCUT2D eigenvalue weighted by atomic mass is 31.1. The van der Waals surface area contributed by atoms with Crippen molar-refractivity contribution >= 4 is 13.4 Å². The Morgan fingerprint density at radius 1 is 1.05 bits per heavy atom. The van der Waals surface area contributed by atoms with Crippen LogP contribution < -0.4 is 9.47 Å². The van der Waals surface area contributed by atoms with Gasteiger partial charge in [0, 0.05) is 6.07 Å². The van der Waals surface area contributed by atoms with Gasteiger partial charge in [-0.3, -0.25) is 4.79 Å². The van der Waals surface area contributed by atoms with E-state index < -0.39 is 7.92 Å². The molecule has 0 radical (unpaired) electrons. The van der Waals surface area contributed by atoms with Crippen LogP contribution in [0.3, 0.4) is 0 Å². The standard InChI is InChI=1S/C18H25O3P/c1-12-10-13(20-2)11-16(21-3)17(12)18(19)22-14-6-4-5-7-15(22)9-8-14/h10-11,14-15H,4-9H2,1-3H3. The third-order valence-electron chi connectivity index (χ3n) is 5.12. The Hall–Kier alpha value is -1.08. The molecule has 0 aromatic heterocycles. The molecule has 2 saturated heterocycles. The summed E-state index contributed by atoms with van der Waals surface area (Å²) in [5.74, 6) is 1.43. The quantitative estimate of drug-likeness (QED) is 0.752. The van der Waals surface area contributed by atoms with E-state index in [4.69, 9.17) is 9.47 Å². The Bertz CT molecular complexity index is 556. The Labute approximate surface area is 134 Å². The monoisotopic (exact) mass is 320 g/mol. The van der Waals surface area contributed by atoms with Crippen molar-refractivity contribution in [1.82, 2.24) is 0 Å². The predicted molar refractivity (Wildman–Crippen MR) is 90.8 cm³/mol. The summed E-state index contributed by atoms with van der Waals surface area (Å²) in [6.45, 7) is 1.99. The minimum Gasteiger partial charge on any atom is -0.497 e. The molecule has 3 nitrogen and oxygen atoms in total. The molecule has 4 heteroatoms. The third kappa shape index (κ3) is 2.76. The predicted octanol–water partition coefficient (Wildman–Crippen LogP) is 4.74. The van der Waals surface area contributed by atoms with Gasteiger partial charge < -0.3 is 9.47 Å². The Morgan fingerprint density at radius 2 is 1.68 bits per heavy atom. The third-order valence-corrected chi connectivity index (χ3v) is 8.42. The molecule has 2 aliphatic rings. The van der Waals surface area contributed by atoms with E-state index >= 15 is 0 Å². The fourth-order valence-corrected chi connectivity index (χ4v) is 7.60. The van der Waals surface area contributed by atoms with E-state index in [-0.39, 0.29) is 0 Å². The zero-order valence-electron chi connectivity index (χ0n) is 13.7. The summed E-state index contributed by atoms with van der Waals surface area (Å²) in [7, 11) is 2.72. The van der Waals surface area contributed by atoms with Gasteiger partial charge >= 0.3 is 0 Å². The van der Waals surface area contributed by atoms with E-state index in [0.717, 1.165) is 16.9 Å². The van der Waals surface area contributed by atoms with Gasteiger partial charge in [-0.05, 0) is 63.5 Å². The highest BCUT2D eigenvalue weighted by Gasteiger charge is 2.42. The van der Waals surface area contributed by atoms with Crippen LogP contribution in [0.1, 0.15) is 54.4 Å². The number of hydrogen-bond donors (Lipinski definition) is 0. The van der Waals surface area contributed by atoms with Crippen molar-refractivity contribution in [2.24, 2.45) is 0 Å². The van der Waals surface area contributed by atoms with Gasteiger partial charge in [0.25, 0.3) is 0 Å². The average molecular weight is 320 g/mol. The molecule has 0 N–H and O–H groups in total. The van der Waals surface area contributed by atoms with Crippen LogP contribution in [0.2, 0.25) is 0 Å². The molecule has 2 aliphatic heterocycles. The van der Waals surface area contributed by atoms with Crippen LogP contribution in [0.4, 0.5) is 0 Å². The molecule has 22 heavy (non-hydrogen) atoms. The zero-order chi connectivity index (χ0) is 15.7. The van der Waals surface area contributed by atoms with Crippen molar-refractivity contribution in [2.45, 2.75) is 56.8 Å². The van der Waals surface area contributed by atoms with Crippen molar-refractivity contribution in [3.63, 3.8) is 0 Å². The smallest absolute Gasteiger partial charge is 0.188 e. The number of carbonyl (C=O) groups is 1. The van der Waals surface area contributed by atoms with Crippen molar-refractivity contribution in [2.75, 3.05) is 14.2 Å². The van der Waals surface area contributed by atoms with E-state index in [0.29, 0.717) is 22.6 Å². The molecular formula is C18H25O3P. The number of benzene rings is 1. The number of rotatable bonds is 4. The number of aryl methyl sites for hydroxylation is 1. The van der Waals surface area contributed by atoms with E-state index in [2.05, 4.69) is 0 Å². The first-order valence-corrected chi connectivity index (χ1v) is 9.69. The Morgan fingerprint density at radius 3 is 2.23 bits per heavy atom.